The standard InChI is InChI=1S/C18H15NS/c1-2-9-16-15(8-1)19-11-12-5-3-6-13(12)14-7-4-10-17(20-16)18(14)19/h1-4,6-10,12-13H,5,11H2/t12-,13+/m1/s1. The molecule has 0 radical (unpaired) electrons. The lowest BCUT2D eigenvalue weighted by molar-refractivity contribution is 0.494. The van der Waals surface area contributed by atoms with E-state index in [4.69, 9.17) is 0 Å². The minimum Gasteiger partial charge on any atom is -0.339 e. The summed E-state index contributed by atoms with van der Waals surface area (Å²) < 4.78 is 0. The Kier molecular flexibility index (Phi) is 2.16. The Hall–Kier alpha value is -1.67. The summed E-state index contributed by atoms with van der Waals surface area (Å²) in [6, 6.07) is 15.6. The van der Waals surface area contributed by atoms with Gasteiger partial charge < -0.3 is 4.90 Å². The highest BCUT2D eigenvalue weighted by molar-refractivity contribution is 7.99. The molecule has 0 saturated heterocycles. The Morgan fingerprint density at radius 2 is 1.90 bits per heavy atom. The van der Waals surface area contributed by atoms with Crippen molar-refractivity contribution in [3.8, 4) is 0 Å². The van der Waals surface area contributed by atoms with E-state index >= 15 is 0 Å². The lowest BCUT2D eigenvalue weighted by Crippen LogP contribution is -2.34. The van der Waals surface area contributed by atoms with Crippen LogP contribution in [0.3, 0.4) is 0 Å². The average molecular weight is 277 g/mol. The highest BCUT2D eigenvalue weighted by Gasteiger charge is 2.38. The third kappa shape index (κ3) is 1.35. The molecule has 0 amide bonds. The van der Waals surface area contributed by atoms with E-state index in [9.17, 15) is 0 Å². The summed E-state index contributed by atoms with van der Waals surface area (Å²) in [6.07, 6.45) is 6.01. The first kappa shape index (κ1) is 11.0. The molecule has 2 aromatic rings. The van der Waals surface area contributed by atoms with Gasteiger partial charge >= 0.3 is 0 Å². The summed E-state index contributed by atoms with van der Waals surface area (Å²) in [4.78, 5) is 5.37. The van der Waals surface area contributed by atoms with Crippen molar-refractivity contribution in [1.82, 2.24) is 0 Å². The van der Waals surface area contributed by atoms with Crippen LogP contribution in [0.15, 0.2) is 64.4 Å². The van der Waals surface area contributed by atoms with Crippen LogP contribution in [0, 0.1) is 5.92 Å². The molecule has 0 saturated carbocycles. The predicted molar refractivity (Wildman–Crippen MR) is 84.0 cm³/mol. The number of fused-ring (bicyclic) bond motifs is 4. The zero-order valence-electron chi connectivity index (χ0n) is 11.1. The maximum Gasteiger partial charge on any atom is 0.0591 e. The van der Waals surface area contributed by atoms with Crippen molar-refractivity contribution in [2.24, 2.45) is 5.92 Å². The van der Waals surface area contributed by atoms with Crippen LogP contribution >= 0.6 is 11.8 Å². The maximum absolute atomic E-state index is 2.56. The smallest absolute Gasteiger partial charge is 0.0591 e. The largest absolute Gasteiger partial charge is 0.339 e. The molecule has 2 heterocycles. The molecule has 1 aliphatic carbocycles. The fraction of sp³-hybridized carbons (Fsp3) is 0.222. The summed E-state index contributed by atoms with van der Waals surface area (Å²) in [6.45, 7) is 1.15. The molecular weight excluding hydrogens is 262 g/mol. The van der Waals surface area contributed by atoms with E-state index < -0.39 is 0 Å². The first-order chi connectivity index (χ1) is 9.92. The van der Waals surface area contributed by atoms with Gasteiger partial charge in [0, 0.05) is 22.3 Å². The Labute approximate surface area is 123 Å². The van der Waals surface area contributed by atoms with Crippen LogP contribution in [0.4, 0.5) is 11.4 Å². The van der Waals surface area contributed by atoms with E-state index in [1.807, 2.05) is 11.8 Å². The summed E-state index contributed by atoms with van der Waals surface area (Å²) in [7, 11) is 0. The lowest BCUT2D eigenvalue weighted by atomic mass is 9.83. The summed E-state index contributed by atoms with van der Waals surface area (Å²) in [5, 5.41) is 0. The first-order valence-electron chi connectivity index (χ1n) is 7.26. The van der Waals surface area contributed by atoms with E-state index in [0.717, 1.165) is 12.5 Å². The molecule has 0 spiro atoms. The van der Waals surface area contributed by atoms with Crippen molar-refractivity contribution >= 4 is 23.1 Å². The van der Waals surface area contributed by atoms with Crippen molar-refractivity contribution in [2.45, 2.75) is 22.1 Å². The van der Waals surface area contributed by atoms with E-state index in [0.29, 0.717) is 5.92 Å². The minimum absolute atomic E-state index is 0.632. The van der Waals surface area contributed by atoms with E-state index in [1.54, 1.807) is 0 Å². The van der Waals surface area contributed by atoms with Crippen LogP contribution in [-0.2, 0) is 0 Å². The van der Waals surface area contributed by atoms with Gasteiger partial charge in [0.15, 0.2) is 0 Å². The fourth-order valence-corrected chi connectivity index (χ4v) is 5.00. The number of nitrogens with zero attached hydrogens (tertiary/aromatic N) is 1. The van der Waals surface area contributed by atoms with E-state index in [2.05, 4.69) is 59.5 Å². The van der Waals surface area contributed by atoms with Crippen molar-refractivity contribution in [3.63, 3.8) is 0 Å². The molecular formula is C18H15NS. The van der Waals surface area contributed by atoms with Crippen LogP contribution < -0.4 is 4.90 Å². The van der Waals surface area contributed by atoms with Crippen molar-refractivity contribution < 1.29 is 0 Å². The van der Waals surface area contributed by atoms with Gasteiger partial charge in [0.05, 0.1) is 11.4 Å². The van der Waals surface area contributed by atoms with Gasteiger partial charge in [0.25, 0.3) is 0 Å². The second kappa shape index (κ2) is 3.92. The lowest BCUT2D eigenvalue weighted by Gasteiger charge is -2.42. The molecule has 98 valence electrons. The highest BCUT2D eigenvalue weighted by Crippen LogP contribution is 2.55. The number of benzene rings is 2. The molecule has 0 bridgehead atoms. The summed E-state index contributed by atoms with van der Waals surface area (Å²) in [5.74, 6) is 1.38. The SMILES string of the molecule is C1=C[C@@H]2c3cccc4c3N(C[C@H]2C1)c1ccccc1S4. The Morgan fingerprint density at radius 1 is 1.00 bits per heavy atom. The van der Waals surface area contributed by atoms with Crippen LogP contribution in [-0.4, -0.2) is 6.54 Å². The van der Waals surface area contributed by atoms with Crippen LogP contribution in [0.25, 0.3) is 0 Å². The third-order valence-electron chi connectivity index (χ3n) is 4.74. The molecule has 3 aliphatic rings. The number of hydrogen-bond donors (Lipinski definition) is 0. The predicted octanol–water partition coefficient (Wildman–Crippen LogP) is 4.96. The zero-order chi connectivity index (χ0) is 13.1. The third-order valence-corrected chi connectivity index (χ3v) is 5.86. The molecule has 0 unspecified atom stereocenters. The first-order valence-corrected chi connectivity index (χ1v) is 8.07. The van der Waals surface area contributed by atoms with E-state index in [-0.39, 0.29) is 0 Å². The van der Waals surface area contributed by atoms with Crippen LogP contribution in [0.5, 0.6) is 0 Å². The molecule has 2 aliphatic heterocycles. The Balaban J connectivity index is 1.78. The number of hydrogen-bond acceptors (Lipinski definition) is 2. The van der Waals surface area contributed by atoms with Gasteiger partial charge in [0.2, 0.25) is 0 Å². The number of allylic oxidation sites excluding steroid dienone is 2. The number of para-hydroxylation sites is 2. The van der Waals surface area contributed by atoms with Gasteiger partial charge in [-0.1, -0.05) is 48.2 Å². The molecule has 2 heteroatoms. The van der Waals surface area contributed by atoms with Crippen molar-refractivity contribution in [3.05, 3.63) is 60.2 Å². The average Bonchev–Trinajstić information content (AvgIpc) is 2.96. The second-order valence-corrected chi connectivity index (χ2v) is 6.91. The quantitative estimate of drug-likeness (QED) is 0.626. The fourth-order valence-electron chi connectivity index (χ4n) is 3.86. The molecule has 2 atom stereocenters. The van der Waals surface area contributed by atoms with Gasteiger partial charge in [-0.25, -0.2) is 0 Å². The van der Waals surface area contributed by atoms with E-state index in [1.165, 1.54) is 33.2 Å². The van der Waals surface area contributed by atoms with Crippen LogP contribution in [0.2, 0.25) is 0 Å². The monoisotopic (exact) mass is 277 g/mol. The molecule has 0 fully saturated rings. The van der Waals surface area contributed by atoms with Crippen LogP contribution in [0.1, 0.15) is 17.9 Å². The number of rotatable bonds is 0. The second-order valence-electron chi connectivity index (χ2n) is 5.82. The molecule has 5 rings (SSSR count). The van der Waals surface area contributed by atoms with Gasteiger partial charge in [0.1, 0.15) is 0 Å². The minimum atomic E-state index is 0.632. The van der Waals surface area contributed by atoms with Crippen molar-refractivity contribution in [1.29, 1.82) is 0 Å². The van der Waals surface area contributed by atoms with Gasteiger partial charge in [-0.2, -0.15) is 0 Å². The Morgan fingerprint density at radius 3 is 2.90 bits per heavy atom. The molecule has 0 N–H and O–H groups in total. The Bertz CT molecular complexity index is 734. The molecule has 20 heavy (non-hydrogen) atoms. The molecule has 2 aromatic carbocycles. The topological polar surface area (TPSA) is 3.24 Å². The van der Waals surface area contributed by atoms with Crippen molar-refractivity contribution in [2.75, 3.05) is 11.4 Å². The van der Waals surface area contributed by atoms with Gasteiger partial charge in [-0.15, -0.1) is 0 Å². The normalized spacial score (nSPS) is 25.1. The summed E-state index contributed by atoms with van der Waals surface area (Å²) in [5.41, 5.74) is 4.38. The molecule has 0 aromatic heterocycles. The number of anilines is 2. The van der Waals surface area contributed by atoms with Gasteiger partial charge in [-0.3, -0.25) is 0 Å². The molecule has 1 nitrogen and oxygen atoms in total. The highest BCUT2D eigenvalue weighted by atomic mass is 32.2. The summed E-state index contributed by atoms with van der Waals surface area (Å²) >= 11 is 1.92. The maximum atomic E-state index is 2.56. The van der Waals surface area contributed by atoms with Gasteiger partial charge in [-0.05, 0) is 36.1 Å². The zero-order valence-corrected chi connectivity index (χ0v) is 11.9.